The van der Waals surface area contributed by atoms with Crippen molar-refractivity contribution < 1.29 is 23.9 Å². The molecule has 4 N–H and O–H groups in total. The molecule has 0 saturated heterocycles. The quantitative estimate of drug-likeness (QED) is 0.336. The number of ether oxygens (including phenoxy) is 2. The van der Waals surface area contributed by atoms with E-state index < -0.39 is 12.1 Å². The van der Waals surface area contributed by atoms with E-state index in [1.54, 1.807) is 12.1 Å². The van der Waals surface area contributed by atoms with Gasteiger partial charge in [-0.2, -0.15) is 0 Å². The number of carbonyl (C=O) groups excluding carboxylic acids is 3. The van der Waals surface area contributed by atoms with Crippen molar-refractivity contribution in [3.63, 3.8) is 0 Å². The van der Waals surface area contributed by atoms with E-state index >= 15 is 0 Å². The standard InChI is InChI=1S/C24H31N3O5.ClH/c1-17-8-3-4-10-19(17)16-32-24(30)26-15-7-11-20(25)23(29)27-21-12-6-5-9-18(21)13-14-22(28)31-2;/h3-6,8-10,12,20H,7,11,13-16,25H2,1-2H3,(H,26,30)(H,27,29);1H/t20-;/m0./s1. The predicted molar refractivity (Wildman–Crippen MR) is 129 cm³/mol. The van der Waals surface area contributed by atoms with Crippen LogP contribution in [0.3, 0.4) is 0 Å². The second kappa shape index (κ2) is 14.9. The van der Waals surface area contributed by atoms with Gasteiger partial charge in [0.05, 0.1) is 13.2 Å². The summed E-state index contributed by atoms with van der Waals surface area (Å²) in [5.41, 5.74) is 9.46. The number of nitrogens with two attached hydrogens (primary N) is 1. The van der Waals surface area contributed by atoms with Crippen molar-refractivity contribution >= 4 is 36.1 Å². The fourth-order valence-electron chi connectivity index (χ4n) is 3.03. The number of hydrogen-bond donors (Lipinski definition) is 3. The lowest BCUT2D eigenvalue weighted by atomic mass is 10.1. The lowest BCUT2D eigenvalue weighted by molar-refractivity contribution is -0.140. The van der Waals surface area contributed by atoms with Crippen LogP contribution in [0, 0.1) is 6.92 Å². The average Bonchev–Trinajstić information content (AvgIpc) is 2.80. The van der Waals surface area contributed by atoms with Gasteiger partial charge in [0, 0.05) is 18.7 Å². The molecule has 0 aliphatic carbocycles. The molecule has 0 bridgehead atoms. The Hall–Kier alpha value is -3.10. The summed E-state index contributed by atoms with van der Waals surface area (Å²) >= 11 is 0. The van der Waals surface area contributed by atoms with Crippen LogP contribution in [-0.4, -0.2) is 37.7 Å². The van der Waals surface area contributed by atoms with Gasteiger partial charge in [0.15, 0.2) is 0 Å². The van der Waals surface area contributed by atoms with Gasteiger partial charge in [-0.25, -0.2) is 4.79 Å². The third-order valence-electron chi connectivity index (χ3n) is 5.02. The van der Waals surface area contributed by atoms with Crippen molar-refractivity contribution in [2.24, 2.45) is 5.73 Å². The zero-order valence-electron chi connectivity index (χ0n) is 19.0. The number of esters is 1. The van der Waals surface area contributed by atoms with Crippen molar-refractivity contribution in [3.8, 4) is 0 Å². The molecule has 1 atom stereocenters. The summed E-state index contributed by atoms with van der Waals surface area (Å²) in [6.45, 7) is 2.51. The normalized spacial score (nSPS) is 11.0. The third kappa shape index (κ3) is 9.93. The molecular formula is C24H32ClN3O5. The van der Waals surface area contributed by atoms with E-state index in [0.29, 0.717) is 31.5 Å². The van der Waals surface area contributed by atoms with Gasteiger partial charge < -0.3 is 25.8 Å². The van der Waals surface area contributed by atoms with Crippen LogP contribution in [0.25, 0.3) is 0 Å². The number of alkyl carbamates (subject to hydrolysis) is 1. The number of hydrogen-bond acceptors (Lipinski definition) is 6. The molecule has 2 rings (SSSR count). The maximum atomic E-state index is 12.4. The molecule has 0 aromatic heterocycles. The van der Waals surface area contributed by atoms with E-state index in [0.717, 1.165) is 16.7 Å². The topological polar surface area (TPSA) is 120 Å². The molecule has 0 aliphatic heterocycles. The van der Waals surface area contributed by atoms with Gasteiger partial charge in [0.25, 0.3) is 0 Å². The number of para-hydroxylation sites is 1. The van der Waals surface area contributed by atoms with Crippen LogP contribution < -0.4 is 16.4 Å². The molecule has 0 fully saturated rings. The molecule has 9 heteroatoms. The van der Waals surface area contributed by atoms with Gasteiger partial charge in [-0.3, -0.25) is 9.59 Å². The highest BCUT2D eigenvalue weighted by Crippen LogP contribution is 2.17. The first-order chi connectivity index (χ1) is 15.4. The number of nitrogens with one attached hydrogen (secondary N) is 2. The number of rotatable bonds is 11. The summed E-state index contributed by atoms with van der Waals surface area (Å²) in [6.07, 6.45) is 1.09. The van der Waals surface area contributed by atoms with Crippen molar-refractivity contribution in [1.29, 1.82) is 0 Å². The number of aryl methyl sites for hydroxylation is 2. The highest BCUT2D eigenvalue weighted by atomic mass is 35.5. The Morgan fingerprint density at radius 2 is 1.70 bits per heavy atom. The maximum Gasteiger partial charge on any atom is 0.407 e. The largest absolute Gasteiger partial charge is 0.469 e. The minimum atomic E-state index is -0.728. The summed E-state index contributed by atoms with van der Waals surface area (Å²) < 4.78 is 9.87. The molecule has 180 valence electrons. The molecule has 2 aromatic carbocycles. The zero-order valence-corrected chi connectivity index (χ0v) is 19.8. The van der Waals surface area contributed by atoms with Gasteiger partial charge in [-0.15, -0.1) is 12.4 Å². The number of carbonyl (C=O) groups is 3. The second-order valence-electron chi connectivity index (χ2n) is 7.40. The Balaban J connectivity index is 0.00000544. The minimum absolute atomic E-state index is 0. The monoisotopic (exact) mass is 477 g/mol. The van der Waals surface area contributed by atoms with Crippen LogP contribution in [0.4, 0.5) is 10.5 Å². The predicted octanol–water partition coefficient (Wildman–Crippen LogP) is 3.49. The fraction of sp³-hybridized carbons (Fsp3) is 0.375. The molecule has 2 aromatic rings. The Labute approximate surface area is 200 Å². The smallest absolute Gasteiger partial charge is 0.407 e. The lowest BCUT2D eigenvalue weighted by Crippen LogP contribution is -2.36. The highest BCUT2D eigenvalue weighted by molar-refractivity contribution is 5.95. The van der Waals surface area contributed by atoms with Gasteiger partial charge in [-0.1, -0.05) is 42.5 Å². The molecule has 0 unspecified atom stereocenters. The average molecular weight is 478 g/mol. The highest BCUT2D eigenvalue weighted by Gasteiger charge is 2.15. The molecule has 0 spiro atoms. The van der Waals surface area contributed by atoms with Crippen LogP contribution >= 0.6 is 12.4 Å². The summed E-state index contributed by atoms with van der Waals surface area (Å²) in [5.74, 6) is -0.634. The summed E-state index contributed by atoms with van der Waals surface area (Å²) in [7, 11) is 1.34. The molecule has 0 aliphatic rings. The molecule has 2 amide bonds. The molecule has 0 saturated carbocycles. The third-order valence-corrected chi connectivity index (χ3v) is 5.02. The fourth-order valence-corrected chi connectivity index (χ4v) is 3.03. The number of benzene rings is 2. The van der Waals surface area contributed by atoms with Crippen molar-refractivity contribution in [2.75, 3.05) is 19.0 Å². The summed E-state index contributed by atoms with van der Waals surface area (Å²) in [5, 5.41) is 5.48. The first-order valence-corrected chi connectivity index (χ1v) is 10.6. The first-order valence-electron chi connectivity index (χ1n) is 10.6. The first kappa shape index (κ1) is 27.9. The van der Waals surface area contributed by atoms with Crippen LogP contribution in [-0.2, 0) is 32.1 Å². The molecule has 0 heterocycles. The van der Waals surface area contributed by atoms with Crippen LogP contribution in [0.15, 0.2) is 48.5 Å². The summed E-state index contributed by atoms with van der Waals surface area (Å²) in [4.78, 5) is 35.7. The maximum absolute atomic E-state index is 12.4. The van der Waals surface area contributed by atoms with Crippen LogP contribution in [0.2, 0.25) is 0 Å². The lowest BCUT2D eigenvalue weighted by Gasteiger charge is -2.15. The molecule has 33 heavy (non-hydrogen) atoms. The van der Waals surface area contributed by atoms with Gasteiger partial charge in [-0.05, 0) is 48.9 Å². The molecular weight excluding hydrogens is 446 g/mol. The molecule has 8 nitrogen and oxygen atoms in total. The Morgan fingerprint density at radius 3 is 2.39 bits per heavy atom. The second-order valence-corrected chi connectivity index (χ2v) is 7.40. The Kier molecular flexibility index (Phi) is 12.6. The summed E-state index contributed by atoms with van der Waals surface area (Å²) in [6, 6.07) is 14.2. The number of anilines is 1. The van der Waals surface area contributed by atoms with E-state index in [-0.39, 0.29) is 37.3 Å². The number of halogens is 1. The Bertz CT molecular complexity index is 922. The van der Waals surface area contributed by atoms with Gasteiger partial charge >= 0.3 is 12.1 Å². The van der Waals surface area contributed by atoms with Gasteiger partial charge in [0.1, 0.15) is 6.61 Å². The van der Waals surface area contributed by atoms with E-state index in [1.807, 2.05) is 43.3 Å². The van der Waals surface area contributed by atoms with E-state index in [2.05, 4.69) is 15.4 Å². The van der Waals surface area contributed by atoms with Crippen LogP contribution in [0.1, 0.15) is 36.0 Å². The van der Waals surface area contributed by atoms with Crippen molar-refractivity contribution in [1.82, 2.24) is 5.32 Å². The van der Waals surface area contributed by atoms with Crippen LogP contribution in [0.5, 0.6) is 0 Å². The van der Waals surface area contributed by atoms with Crippen molar-refractivity contribution in [2.45, 2.75) is 45.3 Å². The van der Waals surface area contributed by atoms with Crippen molar-refractivity contribution in [3.05, 3.63) is 65.2 Å². The van der Waals surface area contributed by atoms with E-state index in [9.17, 15) is 14.4 Å². The number of methoxy groups -OCH3 is 1. The zero-order chi connectivity index (χ0) is 23.3. The Morgan fingerprint density at radius 1 is 1.03 bits per heavy atom. The van der Waals surface area contributed by atoms with Gasteiger partial charge in [0.2, 0.25) is 5.91 Å². The number of amides is 2. The SMILES string of the molecule is COC(=O)CCc1ccccc1NC(=O)[C@@H](N)CCCNC(=O)OCc1ccccc1C.Cl. The minimum Gasteiger partial charge on any atom is -0.469 e. The van der Waals surface area contributed by atoms with E-state index in [1.165, 1.54) is 7.11 Å². The molecule has 0 radical (unpaired) electrons. The van der Waals surface area contributed by atoms with E-state index in [4.69, 9.17) is 10.5 Å².